The molecule has 0 amide bonds. The number of hydrogen-bond donors (Lipinski definition) is 0. The van der Waals surface area contributed by atoms with Gasteiger partial charge in [-0.25, -0.2) is 4.98 Å². The van der Waals surface area contributed by atoms with E-state index in [0.29, 0.717) is 0 Å². The van der Waals surface area contributed by atoms with Crippen LogP contribution in [0.3, 0.4) is 0 Å². The molecule has 23 heavy (non-hydrogen) atoms. The van der Waals surface area contributed by atoms with Crippen LogP contribution in [0.5, 0.6) is 0 Å². The number of hydrogen-bond acceptors (Lipinski definition) is 1. The van der Waals surface area contributed by atoms with Crippen molar-refractivity contribution in [3.63, 3.8) is 0 Å². The van der Waals surface area contributed by atoms with Gasteiger partial charge in [-0.3, -0.25) is 0 Å². The van der Waals surface area contributed by atoms with Gasteiger partial charge < -0.3 is 0 Å². The Balaban J connectivity index is 1.90. The fourth-order valence-electron chi connectivity index (χ4n) is 2.71. The van der Waals surface area contributed by atoms with Gasteiger partial charge in [0, 0.05) is 11.1 Å². The summed E-state index contributed by atoms with van der Waals surface area (Å²) in [6.45, 7) is 0. The molecule has 1 nitrogen and oxygen atoms in total. The molecule has 4 rings (SSSR count). The highest BCUT2D eigenvalue weighted by atomic mass is 14.7. The number of allylic oxidation sites excluding steroid dienone is 3. The van der Waals surface area contributed by atoms with Crippen molar-refractivity contribution < 1.29 is 0 Å². The van der Waals surface area contributed by atoms with E-state index in [-0.39, 0.29) is 0 Å². The van der Waals surface area contributed by atoms with Gasteiger partial charge >= 0.3 is 0 Å². The van der Waals surface area contributed by atoms with Crippen molar-refractivity contribution in [2.24, 2.45) is 0 Å². The van der Waals surface area contributed by atoms with Crippen LogP contribution in [0.2, 0.25) is 0 Å². The fraction of sp³-hybridized carbons (Fsp3) is 0. The van der Waals surface area contributed by atoms with Gasteiger partial charge in [0.15, 0.2) is 0 Å². The largest absolute Gasteiger partial charge is 0.248 e. The second-order valence-electron chi connectivity index (χ2n) is 5.46. The second-order valence-corrected chi connectivity index (χ2v) is 5.46. The monoisotopic (exact) mass is 293 g/mol. The lowest BCUT2D eigenvalue weighted by Crippen LogP contribution is -1.92. The maximum Gasteiger partial charge on any atom is 0.0715 e. The summed E-state index contributed by atoms with van der Waals surface area (Å²) in [5.41, 5.74) is 9.69. The van der Waals surface area contributed by atoms with Gasteiger partial charge in [-0.05, 0) is 41.5 Å². The van der Waals surface area contributed by atoms with Crippen LogP contribution >= 0.6 is 0 Å². The van der Waals surface area contributed by atoms with Crippen LogP contribution in [-0.2, 0) is 0 Å². The van der Waals surface area contributed by atoms with Crippen molar-refractivity contribution in [3.8, 4) is 22.5 Å². The lowest BCUT2D eigenvalue weighted by molar-refractivity contribution is 1.31. The molecule has 0 fully saturated rings. The molecule has 1 aliphatic rings. The summed E-state index contributed by atoms with van der Waals surface area (Å²) >= 11 is 0. The first-order valence-electron chi connectivity index (χ1n) is 7.66. The van der Waals surface area contributed by atoms with E-state index in [2.05, 4.69) is 48.2 Å². The molecule has 0 saturated heterocycles. The molecule has 1 heteroatoms. The molecule has 1 aliphatic carbocycles. The summed E-state index contributed by atoms with van der Waals surface area (Å²) in [5.74, 6) is 0. The zero-order valence-corrected chi connectivity index (χ0v) is 12.6. The van der Waals surface area contributed by atoms with Crippen LogP contribution in [-0.4, -0.2) is 4.98 Å². The van der Waals surface area contributed by atoms with Crippen molar-refractivity contribution in [1.82, 2.24) is 4.98 Å². The highest BCUT2D eigenvalue weighted by Crippen LogP contribution is 2.29. The third kappa shape index (κ3) is 2.78. The van der Waals surface area contributed by atoms with E-state index < -0.39 is 0 Å². The molecule has 0 saturated carbocycles. The highest BCUT2D eigenvalue weighted by Gasteiger charge is 2.09. The van der Waals surface area contributed by atoms with E-state index in [0.717, 1.165) is 22.5 Å². The SMILES string of the molecule is C1=CC=C(c2cc(-c3ccccc3)nc(-c3ccccc3)c2)C=1. The molecule has 0 radical (unpaired) electrons. The first kappa shape index (κ1) is 13.5. The van der Waals surface area contributed by atoms with Gasteiger partial charge in [0.1, 0.15) is 0 Å². The van der Waals surface area contributed by atoms with Crippen LogP contribution in [0.1, 0.15) is 5.56 Å². The lowest BCUT2D eigenvalue weighted by Gasteiger charge is -2.10. The van der Waals surface area contributed by atoms with E-state index >= 15 is 0 Å². The summed E-state index contributed by atoms with van der Waals surface area (Å²) in [7, 11) is 0. The second kappa shape index (κ2) is 5.92. The summed E-state index contributed by atoms with van der Waals surface area (Å²) in [6.07, 6.45) is 6.04. The Labute approximate surface area is 136 Å². The molecular weight excluding hydrogens is 278 g/mol. The minimum Gasteiger partial charge on any atom is -0.248 e. The Morgan fingerprint density at radius 2 is 1.22 bits per heavy atom. The lowest BCUT2D eigenvalue weighted by atomic mass is 10.0. The Morgan fingerprint density at radius 1 is 0.652 bits per heavy atom. The van der Waals surface area contributed by atoms with E-state index in [1.165, 1.54) is 11.1 Å². The van der Waals surface area contributed by atoms with Gasteiger partial charge in [-0.2, -0.15) is 0 Å². The Bertz CT molecular complexity index is 870. The Hall–Kier alpha value is -3.15. The van der Waals surface area contributed by atoms with Crippen LogP contribution in [0.25, 0.3) is 28.1 Å². The van der Waals surface area contributed by atoms with E-state index in [1.54, 1.807) is 0 Å². The van der Waals surface area contributed by atoms with Crippen molar-refractivity contribution in [2.45, 2.75) is 0 Å². The standard InChI is InChI=1S/C22H15N/c1-3-11-18(12-4-1)21-15-20(17-9-7-8-10-17)16-22(23-21)19-13-5-2-6-14-19/h1-7,9-16H. The quantitative estimate of drug-likeness (QED) is 0.579. The van der Waals surface area contributed by atoms with E-state index in [9.17, 15) is 0 Å². The minimum atomic E-state index is 0.989. The maximum absolute atomic E-state index is 4.87. The van der Waals surface area contributed by atoms with E-state index in [1.807, 2.05) is 48.6 Å². The zero-order chi connectivity index (χ0) is 15.5. The topological polar surface area (TPSA) is 12.9 Å². The van der Waals surface area contributed by atoms with Crippen LogP contribution in [0.4, 0.5) is 0 Å². The van der Waals surface area contributed by atoms with E-state index in [4.69, 9.17) is 4.98 Å². The molecule has 0 aliphatic heterocycles. The first-order chi connectivity index (χ1) is 11.4. The van der Waals surface area contributed by atoms with Crippen LogP contribution in [0, 0.1) is 0 Å². The minimum absolute atomic E-state index is 0.989. The van der Waals surface area contributed by atoms with Crippen molar-refractivity contribution in [3.05, 3.63) is 102 Å². The smallest absolute Gasteiger partial charge is 0.0715 e. The number of pyridine rings is 1. The predicted octanol–water partition coefficient (Wildman–Crippen LogP) is 5.52. The molecular formula is C22H15N. The average Bonchev–Trinajstić information content (AvgIpc) is 3.18. The summed E-state index contributed by atoms with van der Waals surface area (Å²) in [5, 5.41) is 0. The summed E-state index contributed by atoms with van der Waals surface area (Å²) in [6, 6.07) is 24.9. The zero-order valence-electron chi connectivity index (χ0n) is 12.6. The molecule has 1 heterocycles. The Morgan fingerprint density at radius 3 is 1.70 bits per heavy atom. The fourth-order valence-corrected chi connectivity index (χ4v) is 2.71. The average molecular weight is 293 g/mol. The molecule has 0 spiro atoms. The van der Waals surface area contributed by atoms with Crippen molar-refractivity contribution >= 4 is 5.57 Å². The Kier molecular flexibility index (Phi) is 3.48. The van der Waals surface area contributed by atoms with Gasteiger partial charge in [0.2, 0.25) is 0 Å². The molecule has 0 unspecified atom stereocenters. The molecule has 108 valence electrons. The number of aromatic nitrogens is 1. The molecule has 0 bridgehead atoms. The molecule has 2 aromatic carbocycles. The number of benzene rings is 2. The summed E-state index contributed by atoms with van der Waals surface area (Å²) in [4.78, 5) is 4.87. The van der Waals surface area contributed by atoms with Crippen LogP contribution < -0.4 is 0 Å². The van der Waals surface area contributed by atoms with Gasteiger partial charge in [0.25, 0.3) is 0 Å². The van der Waals surface area contributed by atoms with Crippen molar-refractivity contribution in [2.75, 3.05) is 0 Å². The summed E-state index contributed by atoms with van der Waals surface area (Å²) < 4.78 is 0. The first-order valence-corrected chi connectivity index (χ1v) is 7.66. The third-order valence-electron chi connectivity index (χ3n) is 3.90. The molecule has 3 aromatic rings. The van der Waals surface area contributed by atoms with Crippen LogP contribution in [0.15, 0.2) is 96.8 Å². The van der Waals surface area contributed by atoms with Crippen molar-refractivity contribution in [1.29, 1.82) is 0 Å². The number of rotatable bonds is 3. The third-order valence-corrected chi connectivity index (χ3v) is 3.90. The van der Waals surface area contributed by atoms with Gasteiger partial charge in [-0.1, -0.05) is 60.7 Å². The molecule has 0 N–H and O–H groups in total. The molecule has 0 atom stereocenters. The van der Waals surface area contributed by atoms with Gasteiger partial charge in [-0.15, -0.1) is 5.73 Å². The van der Waals surface area contributed by atoms with Gasteiger partial charge in [0.05, 0.1) is 11.4 Å². The number of nitrogens with zero attached hydrogens (tertiary/aromatic N) is 1. The maximum atomic E-state index is 4.87. The normalized spacial score (nSPS) is 12.4. The predicted molar refractivity (Wildman–Crippen MR) is 95.7 cm³/mol. The highest BCUT2D eigenvalue weighted by molar-refractivity contribution is 5.82. The molecule has 1 aromatic heterocycles.